The number of nitrogens with one attached hydrogen (secondary N) is 2. The van der Waals surface area contributed by atoms with Gasteiger partial charge in [0, 0.05) is 56.0 Å². The van der Waals surface area contributed by atoms with Gasteiger partial charge in [-0.1, -0.05) is 11.6 Å². The summed E-state index contributed by atoms with van der Waals surface area (Å²) >= 11 is 6.51. The lowest BCUT2D eigenvalue weighted by Crippen LogP contribution is -2.37. The van der Waals surface area contributed by atoms with Crippen LogP contribution < -0.4 is 10.6 Å². The van der Waals surface area contributed by atoms with E-state index in [0.29, 0.717) is 34.4 Å². The molecule has 0 bridgehead atoms. The third-order valence-electron chi connectivity index (χ3n) is 6.72. The van der Waals surface area contributed by atoms with Crippen LogP contribution in [0, 0.1) is 23.2 Å². The molecule has 34 heavy (non-hydrogen) atoms. The number of piperidine rings is 1. The standard InChI is InChI=1S/C25H27ClN6O2/c26-21-13-29-23(31-25(33)17-2-1-5-28-11-17)9-20(21)18-8-22-24(30-12-18)19(10-27)15-32(22)14-16-3-6-34-7-4-16/h8-9,12-13,15-17,28H,1-7,11,14H2,(H,29,31,33)/t17-/m1/s1. The summed E-state index contributed by atoms with van der Waals surface area (Å²) in [5, 5.41) is 16.3. The highest BCUT2D eigenvalue weighted by Gasteiger charge is 2.22. The number of rotatable bonds is 5. The predicted molar refractivity (Wildman–Crippen MR) is 130 cm³/mol. The van der Waals surface area contributed by atoms with Crippen molar-refractivity contribution in [1.82, 2.24) is 19.9 Å². The molecule has 2 aliphatic rings. The van der Waals surface area contributed by atoms with Crippen molar-refractivity contribution in [2.45, 2.75) is 32.2 Å². The number of ether oxygens (including phenoxy) is 1. The highest BCUT2D eigenvalue weighted by Crippen LogP contribution is 2.32. The molecule has 3 aromatic heterocycles. The molecule has 5 rings (SSSR count). The topological polar surface area (TPSA) is 105 Å². The molecule has 2 saturated heterocycles. The highest BCUT2D eigenvalue weighted by molar-refractivity contribution is 6.33. The van der Waals surface area contributed by atoms with E-state index in [1.165, 1.54) is 0 Å². The predicted octanol–water partition coefficient (Wildman–Crippen LogP) is 3.99. The summed E-state index contributed by atoms with van der Waals surface area (Å²) in [6, 6.07) is 6.07. The van der Waals surface area contributed by atoms with Crippen LogP contribution in [0.25, 0.3) is 22.2 Å². The Balaban J connectivity index is 1.45. The Labute approximate surface area is 203 Å². The molecule has 0 radical (unpaired) electrons. The quantitative estimate of drug-likeness (QED) is 0.574. The van der Waals surface area contributed by atoms with E-state index in [1.807, 2.05) is 12.3 Å². The average molecular weight is 479 g/mol. The van der Waals surface area contributed by atoms with Gasteiger partial charge in [-0.3, -0.25) is 9.78 Å². The number of carbonyl (C=O) groups is 1. The van der Waals surface area contributed by atoms with Crippen LogP contribution >= 0.6 is 11.6 Å². The lowest BCUT2D eigenvalue weighted by molar-refractivity contribution is -0.120. The van der Waals surface area contributed by atoms with Gasteiger partial charge in [-0.15, -0.1) is 0 Å². The van der Waals surface area contributed by atoms with Gasteiger partial charge in [-0.25, -0.2) is 4.98 Å². The zero-order valence-electron chi connectivity index (χ0n) is 18.9. The molecule has 176 valence electrons. The van der Waals surface area contributed by atoms with Crippen molar-refractivity contribution in [3.05, 3.63) is 41.3 Å². The van der Waals surface area contributed by atoms with Crippen LogP contribution in [-0.2, 0) is 16.1 Å². The third kappa shape index (κ3) is 4.78. The van der Waals surface area contributed by atoms with Crippen LogP contribution in [0.15, 0.2) is 30.7 Å². The number of nitrogens with zero attached hydrogens (tertiary/aromatic N) is 4. The molecule has 2 fully saturated rings. The largest absolute Gasteiger partial charge is 0.381 e. The molecule has 1 atom stereocenters. The first kappa shape index (κ1) is 22.8. The van der Waals surface area contributed by atoms with E-state index in [0.717, 1.165) is 68.6 Å². The normalized spacial score (nSPS) is 19.1. The number of anilines is 1. The average Bonchev–Trinajstić information content (AvgIpc) is 3.23. The minimum Gasteiger partial charge on any atom is -0.381 e. The van der Waals surface area contributed by atoms with E-state index < -0.39 is 0 Å². The van der Waals surface area contributed by atoms with E-state index in [-0.39, 0.29) is 11.8 Å². The lowest BCUT2D eigenvalue weighted by Gasteiger charge is -2.22. The number of fused-ring (bicyclic) bond motifs is 1. The molecule has 2 N–H and O–H groups in total. The number of pyridine rings is 2. The van der Waals surface area contributed by atoms with Crippen LogP contribution in [0.5, 0.6) is 0 Å². The van der Waals surface area contributed by atoms with Gasteiger partial charge in [-0.2, -0.15) is 5.26 Å². The molecule has 3 aromatic rings. The first-order chi connectivity index (χ1) is 16.6. The number of hydrogen-bond acceptors (Lipinski definition) is 6. The number of hydrogen-bond donors (Lipinski definition) is 2. The van der Waals surface area contributed by atoms with E-state index in [9.17, 15) is 10.1 Å². The van der Waals surface area contributed by atoms with Gasteiger partial charge in [0.1, 0.15) is 17.4 Å². The first-order valence-corrected chi connectivity index (χ1v) is 12.1. The number of halogens is 1. The van der Waals surface area contributed by atoms with Crippen LogP contribution in [0.1, 0.15) is 31.2 Å². The maximum atomic E-state index is 12.7. The Morgan fingerprint density at radius 2 is 2.12 bits per heavy atom. The molecule has 0 aliphatic carbocycles. The molecular formula is C25H27ClN6O2. The van der Waals surface area contributed by atoms with Gasteiger partial charge in [-0.05, 0) is 50.3 Å². The Bertz CT molecular complexity index is 1240. The maximum Gasteiger partial charge on any atom is 0.229 e. The highest BCUT2D eigenvalue weighted by atomic mass is 35.5. The fourth-order valence-electron chi connectivity index (χ4n) is 4.79. The van der Waals surface area contributed by atoms with Crippen LogP contribution in [-0.4, -0.2) is 46.7 Å². The maximum absolute atomic E-state index is 12.7. The van der Waals surface area contributed by atoms with Gasteiger partial charge < -0.3 is 19.9 Å². The van der Waals surface area contributed by atoms with Crippen molar-refractivity contribution in [3.8, 4) is 17.2 Å². The lowest BCUT2D eigenvalue weighted by atomic mass is 9.99. The van der Waals surface area contributed by atoms with E-state index >= 15 is 0 Å². The minimum atomic E-state index is -0.0643. The van der Waals surface area contributed by atoms with Crippen LogP contribution in [0.2, 0.25) is 5.02 Å². The smallest absolute Gasteiger partial charge is 0.229 e. The van der Waals surface area contributed by atoms with E-state index in [2.05, 4.69) is 31.2 Å². The monoisotopic (exact) mass is 478 g/mol. The fourth-order valence-corrected chi connectivity index (χ4v) is 5.00. The first-order valence-electron chi connectivity index (χ1n) is 11.8. The number of amides is 1. The minimum absolute atomic E-state index is 0.0365. The number of nitriles is 1. The van der Waals surface area contributed by atoms with E-state index in [1.54, 1.807) is 18.5 Å². The molecule has 0 unspecified atom stereocenters. The molecule has 5 heterocycles. The molecule has 2 aliphatic heterocycles. The second kappa shape index (κ2) is 10.1. The van der Waals surface area contributed by atoms with Crippen molar-refractivity contribution < 1.29 is 9.53 Å². The summed E-state index contributed by atoms with van der Waals surface area (Å²) in [6.07, 6.45) is 9.02. The summed E-state index contributed by atoms with van der Waals surface area (Å²) in [6.45, 7) is 3.99. The summed E-state index contributed by atoms with van der Waals surface area (Å²) in [7, 11) is 0. The Morgan fingerprint density at radius 3 is 2.88 bits per heavy atom. The van der Waals surface area contributed by atoms with Crippen molar-refractivity contribution in [3.63, 3.8) is 0 Å². The number of aromatic nitrogens is 3. The molecule has 9 heteroatoms. The molecular weight excluding hydrogens is 452 g/mol. The van der Waals surface area contributed by atoms with Crippen molar-refractivity contribution in [2.24, 2.45) is 11.8 Å². The molecule has 8 nitrogen and oxygen atoms in total. The summed E-state index contributed by atoms with van der Waals surface area (Å²) in [5.74, 6) is 0.863. The zero-order chi connectivity index (χ0) is 23.5. The van der Waals surface area contributed by atoms with Crippen molar-refractivity contribution >= 4 is 34.4 Å². The zero-order valence-corrected chi connectivity index (χ0v) is 19.6. The van der Waals surface area contributed by atoms with Crippen molar-refractivity contribution in [1.29, 1.82) is 5.26 Å². The molecule has 0 saturated carbocycles. The van der Waals surface area contributed by atoms with Gasteiger partial charge >= 0.3 is 0 Å². The van der Waals surface area contributed by atoms with Gasteiger partial charge in [0.25, 0.3) is 0 Å². The third-order valence-corrected chi connectivity index (χ3v) is 7.02. The summed E-state index contributed by atoms with van der Waals surface area (Å²) in [4.78, 5) is 21.6. The summed E-state index contributed by atoms with van der Waals surface area (Å²) < 4.78 is 7.61. The fraction of sp³-hybridized carbons (Fsp3) is 0.440. The van der Waals surface area contributed by atoms with Crippen LogP contribution in [0.4, 0.5) is 5.82 Å². The van der Waals surface area contributed by atoms with Crippen LogP contribution in [0.3, 0.4) is 0 Å². The Hall–Kier alpha value is -2.99. The van der Waals surface area contributed by atoms with Gasteiger partial charge in [0.05, 0.1) is 22.0 Å². The summed E-state index contributed by atoms with van der Waals surface area (Å²) in [5.41, 5.74) is 3.68. The Kier molecular flexibility index (Phi) is 6.77. The molecule has 1 amide bonds. The molecule has 0 aromatic carbocycles. The van der Waals surface area contributed by atoms with Crippen molar-refractivity contribution in [2.75, 3.05) is 31.6 Å². The molecule has 0 spiro atoms. The SMILES string of the molecule is N#Cc1cn(CC2CCOCC2)c2cc(-c3cc(NC(=O)[C@@H]4CCCNC4)ncc3Cl)cnc12. The van der Waals surface area contributed by atoms with Gasteiger partial charge in [0.2, 0.25) is 5.91 Å². The number of carbonyl (C=O) groups excluding carboxylic acids is 1. The second-order valence-corrected chi connectivity index (χ2v) is 9.44. The Morgan fingerprint density at radius 1 is 1.26 bits per heavy atom. The second-order valence-electron chi connectivity index (χ2n) is 9.04. The van der Waals surface area contributed by atoms with Gasteiger partial charge in [0.15, 0.2) is 0 Å². The van der Waals surface area contributed by atoms with E-state index in [4.69, 9.17) is 16.3 Å².